The van der Waals surface area contributed by atoms with Crippen LogP contribution in [0.4, 0.5) is 11.4 Å². The number of nitrogens with one attached hydrogen (secondary N) is 2. The quantitative estimate of drug-likeness (QED) is 0.880. The highest BCUT2D eigenvalue weighted by Gasteiger charge is 2.19. The largest absolute Gasteiger partial charge is 0.376 e. The number of carbonyl (C=O) groups excluding carboxylic acids is 2. The summed E-state index contributed by atoms with van der Waals surface area (Å²) in [5.74, 6) is -0.0257. The Labute approximate surface area is 148 Å². The summed E-state index contributed by atoms with van der Waals surface area (Å²) in [5, 5.41) is 5.92. The Bertz CT molecular complexity index is 733. The van der Waals surface area contributed by atoms with Gasteiger partial charge in [-0.15, -0.1) is 0 Å². The van der Waals surface area contributed by atoms with Crippen LogP contribution >= 0.6 is 0 Å². The van der Waals surface area contributed by atoms with Crippen LogP contribution in [0.3, 0.4) is 0 Å². The van der Waals surface area contributed by atoms with Gasteiger partial charge in [-0.3, -0.25) is 9.59 Å². The lowest BCUT2D eigenvalue weighted by molar-refractivity contribution is -0.114. The third-order valence-corrected chi connectivity index (χ3v) is 4.31. The molecule has 0 spiro atoms. The summed E-state index contributed by atoms with van der Waals surface area (Å²) in [5.41, 5.74) is 3.44. The molecule has 0 radical (unpaired) electrons. The van der Waals surface area contributed by atoms with Gasteiger partial charge in [0.05, 0.1) is 6.54 Å². The first-order valence-corrected chi connectivity index (χ1v) is 8.61. The van der Waals surface area contributed by atoms with E-state index in [4.69, 9.17) is 0 Å². The van der Waals surface area contributed by atoms with Crippen LogP contribution in [0, 0.1) is 6.92 Å². The van der Waals surface area contributed by atoms with E-state index < -0.39 is 0 Å². The van der Waals surface area contributed by atoms with Crippen molar-refractivity contribution < 1.29 is 9.59 Å². The molecule has 0 aromatic heterocycles. The highest BCUT2D eigenvalue weighted by molar-refractivity contribution is 5.95. The van der Waals surface area contributed by atoms with E-state index in [-0.39, 0.29) is 18.4 Å². The van der Waals surface area contributed by atoms with E-state index in [1.165, 1.54) is 0 Å². The number of benzene rings is 2. The Hall–Kier alpha value is -2.82. The van der Waals surface area contributed by atoms with Crippen molar-refractivity contribution in [2.75, 3.05) is 30.3 Å². The minimum atomic E-state index is -0.110. The molecule has 5 nitrogen and oxygen atoms in total. The molecule has 5 heteroatoms. The van der Waals surface area contributed by atoms with Gasteiger partial charge in [0.2, 0.25) is 5.91 Å². The number of rotatable bonds is 5. The molecule has 2 amide bonds. The molecular formula is C20H23N3O2. The van der Waals surface area contributed by atoms with Crippen LogP contribution in [0.2, 0.25) is 0 Å². The summed E-state index contributed by atoms with van der Waals surface area (Å²) in [6.07, 6.45) is 2.17. The van der Waals surface area contributed by atoms with E-state index in [0.717, 1.165) is 42.9 Å². The zero-order valence-corrected chi connectivity index (χ0v) is 14.4. The number of likely N-dealkylation sites (tertiary alicyclic amines) is 1. The van der Waals surface area contributed by atoms with Crippen LogP contribution in [0.15, 0.2) is 48.5 Å². The molecule has 3 rings (SSSR count). The van der Waals surface area contributed by atoms with Crippen molar-refractivity contribution in [3.8, 4) is 0 Å². The summed E-state index contributed by atoms with van der Waals surface area (Å²) in [6, 6.07) is 15.0. The summed E-state index contributed by atoms with van der Waals surface area (Å²) in [7, 11) is 0. The molecule has 0 bridgehead atoms. The van der Waals surface area contributed by atoms with E-state index in [1.54, 1.807) is 12.1 Å². The van der Waals surface area contributed by atoms with E-state index >= 15 is 0 Å². The topological polar surface area (TPSA) is 61.4 Å². The molecule has 2 aromatic carbocycles. The van der Waals surface area contributed by atoms with Gasteiger partial charge in [0.1, 0.15) is 0 Å². The molecule has 1 aliphatic heterocycles. The van der Waals surface area contributed by atoms with Crippen molar-refractivity contribution in [1.29, 1.82) is 0 Å². The normalized spacial score (nSPS) is 13.6. The van der Waals surface area contributed by atoms with Crippen LogP contribution in [-0.2, 0) is 4.79 Å². The van der Waals surface area contributed by atoms with Gasteiger partial charge in [-0.05, 0) is 56.2 Å². The van der Waals surface area contributed by atoms with Gasteiger partial charge in [0.15, 0.2) is 0 Å². The molecule has 0 atom stereocenters. The SMILES string of the molecule is Cc1ccc(NC(=O)CNc2ccc(C(=O)N3CCCC3)cc2)cc1. The predicted octanol–water partition coefficient (Wildman–Crippen LogP) is 3.28. The Morgan fingerprint density at radius 2 is 1.52 bits per heavy atom. The van der Waals surface area contributed by atoms with Gasteiger partial charge >= 0.3 is 0 Å². The number of amides is 2. The zero-order valence-electron chi connectivity index (χ0n) is 14.4. The minimum Gasteiger partial charge on any atom is -0.376 e. The Kier molecular flexibility index (Phi) is 5.33. The molecule has 0 saturated carbocycles. The molecule has 1 fully saturated rings. The van der Waals surface area contributed by atoms with E-state index in [0.29, 0.717) is 5.56 Å². The molecule has 2 aromatic rings. The van der Waals surface area contributed by atoms with Crippen LogP contribution in [0.5, 0.6) is 0 Å². The molecule has 0 aliphatic carbocycles. The van der Waals surface area contributed by atoms with E-state index in [9.17, 15) is 9.59 Å². The third kappa shape index (κ3) is 4.59. The van der Waals surface area contributed by atoms with Crippen molar-refractivity contribution in [2.24, 2.45) is 0 Å². The molecule has 1 aliphatic rings. The number of aryl methyl sites for hydroxylation is 1. The maximum atomic E-state index is 12.3. The molecule has 25 heavy (non-hydrogen) atoms. The monoisotopic (exact) mass is 337 g/mol. The van der Waals surface area contributed by atoms with Crippen LogP contribution in [0.1, 0.15) is 28.8 Å². The van der Waals surface area contributed by atoms with Gasteiger partial charge in [-0.2, -0.15) is 0 Å². The molecule has 1 heterocycles. The summed E-state index contributed by atoms with van der Waals surface area (Å²) < 4.78 is 0. The van der Waals surface area contributed by atoms with Crippen LogP contribution < -0.4 is 10.6 Å². The molecule has 1 saturated heterocycles. The molecule has 2 N–H and O–H groups in total. The average Bonchev–Trinajstić information content (AvgIpc) is 3.16. The standard InChI is InChI=1S/C20H23N3O2/c1-15-4-8-18(9-5-15)22-19(24)14-21-17-10-6-16(7-11-17)20(25)23-12-2-3-13-23/h4-11,21H,2-3,12-14H2,1H3,(H,22,24). The Morgan fingerprint density at radius 3 is 2.16 bits per heavy atom. The highest BCUT2D eigenvalue weighted by atomic mass is 16.2. The summed E-state index contributed by atoms with van der Waals surface area (Å²) in [4.78, 5) is 26.2. The van der Waals surface area contributed by atoms with Gasteiger partial charge in [-0.1, -0.05) is 17.7 Å². The maximum absolute atomic E-state index is 12.3. The van der Waals surface area contributed by atoms with Crippen molar-refractivity contribution >= 4 is 23.2 Å². The third-order valence-electron chi connectivity index (χ3n) is 4.31. The van der Waals surface area contributed by atoms with Crippen LogP contribution in [-0.4, -0.2) is 36.3 Å². The highest BCUT2D eigenvalue weighted by Crippen LogP contribution is 2.15. The fourth-order valence-corrected chi connectivity index (χ4v) is 2.86. The minimum absolute atomic E-state index is 0.0844. The summed E-state index contributed by atoms with van der Waals surface area (Å²) in [6.45, 7) is 3.87. The first-order chi connectivity index (χ1) is 12.1. The lowest BCUT2D eigenvalue weighted by Crippen LogP contribution is -2.27. The van der Waals surface area contributed by atoms with Gasteiger partial charge in [0, 0.05) is 30.0 Å². The van der Waals surface area contributed by atoms with Crippen molar-refractivity contribution in [2.45, 2.75) is 19.8 Å². The maximum Gasteiger partial charge on any atom is 0.253 e. The van der Waals surface area contributed by atoms with Gasteiger partial charge in [-0.25, -0.2) is 0 Å². The van der Waals surface area contributed by atoms with Crippen LogP contribution in [0.25, 0.3) is 0 Å². The second-order valence-electron chi connectivity index (χ2n) is 6.34. The lowest BCUT2D eigenvalue weighted by atomic mass is 10.2. The summed E-state index contributed by atoms with van der Waals surface area (Å²) >= 11 is 0. The Morgan fingerprint density at radius 1 is 0.920 bits per heavy atom. The van der Waals surface area contributed by atoms with E-state index in [2.05, 4.69) is 10.6 Å². The fourth-order valence-electron chi connectivity index (χ4n) is 2.86. The lowest BCUT2D eigenvalue weighted by Gasteiger charge is -2.15. The number of carbonyl (C=O) groups is 2. The first-order valence-electron chi connectivity index (χ1n) is 8.61. The zero-order chi connectivity index (χ0) is 17.6. The predicted molar refractivity (Wildman–Crippen MR) is 99.9 cm³/mol. The fraction of sp³-hybridized carbons (Fsp3) is 0.300. The first kappa shape index (κ1) is 17.0. The van der Waals surface area contributed by atoms with Gasteiger partial charge < -0.3 is 15.5 Å². The van der Waals surface area contributed by atoms with Gasteiger partial charge in [0.25, 0.3) is 5.91 Å². The number of nitrogens with zero attached hydrogens (tertiary/aromatic N) is 1. The molecular weight excluding hydrogens is 314 g/mol. The number of hydrogen-bond acceptors (Lipinski definition) is 3. The molecule has 130 valence electrons. The van der Waals surface area contributed by atoms with Crippen molar-refractivity contribution in [1.82, 2.24) is 4.90 Å². The average molecular weight is 337 g/mol. The van der Waals surface area contributed by atoms with E-state index in [1.807, 2.05) is 48.2 Å². The smallest absolute Gasteiger partial charge is 0.253 e. The number of hydrogen-bond donors (Lipinski definition) is 2. The van der Waals surface area contributed by atoms with Crippen molar-refractivity contribution in [3.63, 3.8) is 0 Å². The number of anilines is 2. The van der Waals surface area contributed by atoms with Crippen molar-refractivity contribution in [3.05, 3.63) is 59.7 Å². The molecule has 0 unspecified atom stereocenters. The second-order valence-corrected chi connectivity index (χ2v) is 6.34. The second kappa shape index (κ2) is 7.83. The Balaban J connectivity index is 1.50.